The van der Waals surface area contributed by atoms with E-state index in [1.807, 2.05) is 36.4 Å². The Kier molecular flexibility index (Phi) is 5.53. The van der Waals surface area contributed by atoms with Gasteiger partial charge in [-0.1, -0.05) is 42.5 Å². The fourth-order valence-electron chi connectivity index (χ4n) is 2.49. The minimum absolute atomic E-state index is 0.111. The van der Waals surface area contributed by atoms with Gasteiger partial charge in [-0.3, -0.25) is 4.79 Å². The quantitative estimate of drug-likeness (QED) is 0.486. The molecule has 5 nitrogen and oxygen atoms in total. The first kappa shape index (κ1) is 17.9. The van der Waals surface area contributed by atoms with E-state index in [9.17, 15) is 9.90 Å². The van der Waals surface area contributed by atoms with Crippen molar-refractivity contribution in [3.63, 3.8) is 0 Å². The minimum Gasteiger partial charge on any atom is -0.507 e. The number of hydrazone groups is 1. The number of benzene rings is 3. The van der Waals surface area contributed by atoms with Crippen LogP contribution in [0.1, 0.15) is 12.5 Å². The van der Waals surface area contributed by atoms with Gasteiger partial charge in [0.25, 0.3) is 5.91 Å². The first-order valence-electron chi connectivity index (χ1n) is 7.98. The Balaban J connectivity index is 1.63. The molecule has 0 aliphatic heterocycles. The molecule has 3 aromatic carbocycles. The van der Waals surface area contributed by atoms with Crippen LogP contribution in [0.3, 0.4) is 0 Å². The molecule has 3 rings (SSSR count). The third kappa shape index (κ3) is 4.03. The number of halogens is 1. The maximum Gasteiger partial charge on any atom is 0.277 e. The third-order valence-corrected chi connectivity index (χ3v) is 4.65. The number of hydrogen-bond donors (Lipinski definition) is 2. The molecule has 6 heteroatoms. The number of phenolic OH excluding ortho intramolecular Hbond substituents is 1. The number of aromatic hydroxyl groups is 1. The van der Waals surface area contributed by atoms with Crippen LogP contribution < -0.4 is 10.2 Å². The average molecular weight is 413 g/mol. The van der Waals surface area contributed by atoms with Gasteiger partial charge in [-0.05, 0) is 51.8 Å². The molecule has 3 aromatic rings. The van der Waals surface area contributed by atoms with Gasteiger partial charge < -0.3 is 9.84 Å². The van der Waals surface area contributed by atoms with Crippen LogP contribution in [0, 0.1) is 0 Å². The van der Waals surface area contributed by atoms with E-state index >= 15 is 0 Å². The number of ether oxygens (including phenoxy) is 1. The van der Waals surface area contributed by atoms with Crippen LogP contribution >= 0.6 is 15.9 Å². The van der Waals surface area contributed by atoms with Crippen LogP contribution in [-0.4, -0.2) is 23.3 Å². The summed E-state index contributed by atoms with van der Waals surface area (Å²) < 4.78 is 6.39. The van der Waals surface area contributed by atoms with Crippen molar-refractivity contribution in [2.45, 2.75) is 6.92 Å². The van der Waals surface area contributed by atoms with Gasteiger partial charge in [0.05, 0.1) is 10.2 Å². The van der Waals surface area contributed by atoms with Crippen molar-refractivity contribution in [1.82, 2.24) is 5.43 Å². The zero-order valence-electron chi connectivity index (χ0n) is 14.1. The number of amides is 1. The number of nitrogens with one attached hydrogen (secondary N) is 1. The number of nitrogens with zero attached hydrogens (tertiary/aromatic N) is 1. The molecule has 0 spiro atoms. The predicted octanol–water partition coefficient (Wildman–Crippen LogP) is 4.23. The number of fused-ring (bicyclic) bond motifs is 1. The Bertz CT molecular complexity index is 986. The molecular formula is C20H17BrN2O3. The maximum absolute atomic E-state index is 12.0. The maximum atomic E-state index is 12.0. The first-order valence-corrected chi connectivity index (χ1v) is 8.77. The Morgan fingerprint density at radius 3 is 2.65 bits per heavy atom. The summed E-state index contributed by atoms with van der Waals surface area (Å²) >= 11 is 3.52. The van der Waals surface area contributed by atoms with E-state index in [4.69, 9.17) is 4.74 Å². The van der Waals surface area contributed by atoms with E-state index in [0.717, 1.165) is 15.2 Å². The monoisotopic (exact) mass is 412 g/mol. The smallest absolute Gasteiger partial charge is 0.277 e. The van der Waals surface area contributed by atoms with E-state index < -0.39 is 0 Å². The van der Waals surface area contributed by atoms with Gasteiger partial charge in [-0.25, -0.2) is 5.43 Å². The molecule has 0 heterocycles. The lowest BCUT2D eigenvalue weighted by Crippen LogP contribution is -2.25. The molecule has 0 aliphatic carbocycles. The molecule has 0 saturated heterocycles. The highest BCUT2D eigenvalue weighted by Gasteiger charge is 2.09. The predicted molar refractivity (Wildman–Crippen MR) is 106 cm³/mol. The molecule has 0 fully saturated rings. The van der Waals surface area contributed by atoms with E-state index in [2.05, 4.69) is 26.5 Å². The Hall–Kier alpha value is -2.86. The van der Waals surface area contributed by atoms with Crippen molar-refractivity contribution in [3.05, 3.63) is 70.7 Å². The lowest BCUT2D eigenvalue weighted by Gasteiger charge is -2.10. The summed E-state index contributed by atoms with van der Waals surface area (Å²) in [4.78, 5) is 12.0. The molecule has 0 saturated carbocycles. The largest absolute Gasteiger partial charge is 0.507 e. The summed E-state index contributed by atoms with van der Waals surface area (Å²) in [5.41, 5.74) is 3.50. The molecule has 26 heavy (non-hydrogen) atoms. The molecule has 0 aliphatic rings. The van der Waals surface area contributed by atoms with Crippen LogP contribution in [0.15, 0.2) is 70.2 Å². The number of para-hydroxylation sites is 1. The van der Waals surface area contributed by atoms with Crippen molar-refractivity contribution in [1.29, 1.82) is 0 Å². The zero-order valence-corrected chi connectivity index (χ0v) is 15.7. The molecule has 1 amide bonds. The highest BCUT2D eigenvalue weighted by Crippen LogP contribution is 2.32. The molecule has 132 valence electrons. The van der Waals surface area contributed by atoms with Crippen molar-refractivity contribution in [2.75, 3.05) is 6.61 Å². The van der Waals surface area contributed by atoms with Crippen LogP contribution in [0.5, 0.6) is 11.5 Å². The van der Waals surface area contributed by atoms with Gasteiger partial charge in [-0.15, -0.1) is 0 Å². The Labute approximate surface area is 159 Å². The standard InChI is InChI=1S/C20H17BrN2O3/c1-13(15-7-4-5-9-17(15)24)22-23-19(25)12-26-18-11-10-14-6-2-3-8-16(14)20(18)21/h2-11,24H,12H2,1H3,(H,23,25)/b22-13-. The minimum atomic E-state index is -0.389. The highest BCUT2D eigenvalue weighted by atomic mass is 79.9. The summed E-state index contributed by atoms with van der Waals surface area (Å²) in [7, 11) is 0. The summed E-state index contributed by atoms with van der Waals surface area (Å²) in [6, 6.07) is 18.5. The van der Waals surface area contributed by atoms with Crippen molar-refractivity contribution < 1.29 is 14.6 Å². The molecule has 0 bridgehead atoms. The fourth-order valence-corrected chi connectivity index (χ4v) is 3.09. The number of phenols is 1. The van der Waals surface area contributed by atoms with E-state index in [1.54, 1.807) is 31.2 Å². The molecule has 0 radical (unpaired) electrons. The third-order valence-electron chi connectivity index (χ3n) is 3.83. The van der Waals surface area contributed by atoms with Gasteiger partial charge in [0.2, 0.25) is 0 Å². The lowest BCUT2D eigenvalue weighted by atomic mass is 10.1. The number of carbonyl (C=O) groups excluding carboxylic acids is 1. The van der Waals surface area contributed by atoms with Gasteiger partial charge >= 0.3 is 0 Å². The van der Waals surface area contributed by atoms with E-state index in [-0.39, 0.29) is 18.3 Å². The van der Waals surface area contributed by atoms with Gasteiger partial charge in [0, 0.05) is 5.56 Å². The second-order valence-corrected chi connectivity index (χ2v) is 6.43. The van der Waals surface area contributed by atoms with Gasteiger partial charge in [0.1, 0.15) is 11.5 Å². The first-order chi connectivity index (χ1) is 12.6. The second-order valence-electron chi connectivity index (χ2n) is 5.64. The Morgan fingerprint density at radius 1 is 1.12 bits per heavy atom. The Morgan fingerprint density at radius 2 is 1.85 bits per heavy atom. The zero-order chi connectivity index (χ0) is 18.5. The molecular weight excluding hydrogens is 396 g/mol. The van der Waals surface area contributed by atoms with Crippen LogP contribution in [0.4, 0.5) is 0 Å². The average Bonchev–Trinajstić information content (AvgIpc) is 2.66. The summed E-state index contributed by atoms with van der Waals surface area (Å²) in [5, 5.41) is 15.9. The molecule has 0 atom stereocenters. The van der Waals surface area contributed by atoms with Crippen LogP contribution in [0.25, 0.3) is 10.8 Å². The van der Waals surface area contributed by atoms with E-state index in [1.165, 1.54) is 0 Å². The highest BCUT2D eigenvalue weighted by molar-refractivity contribution is 9.10. The SMILES string of the molecule is C/C(=N/NC(=O)COc1ccc2ccccc2c1Br)c1ccccc1O. The van der Waals surface area contributed by atoms with Gasteiger partial charge in [0.15, 0.2) is 6.61 Å². The van der Waals surface area contributed by atoms with Gasteiger partial charge in [-0.2, -0.15) is 5.10 Å². The van der Waals surface area contributed by atoms with Crippen LogP contribution in [0.2, 0.25) is 0 Å². The topological polar surface area (TPSA) is 70.9 Å². The molecule has 0 unspecified atom stereocenters. The molecule has 2 N–H and O–H groups in total. The van der Waals surface area contributed by atoms with Crippen molar-refractivity contribution in [3.8, 4) is 11.5 Å². The summed E-state index contributed by atoms with van der Waals surface area (Å²) in [5.74, 6) is 0.305. The fraction of sp³-hybridized carbons (Fsp3) is 0.100. The number of carbonyl (C=O) groups is 1. The number of rotatable bonds is 5. The summed E-state index contributed by atoms with van der Waals surface area (Å²) in [6.45, 7) is 1.53. The van der Waals surface area contributed by atoms with Crippen LogP contribution in [-0.2, 0) is 4.79 Å². The van der Waals surface area contributed by atoms with Crippen molar-refractivity contribution in [2.24, 2.45) is 5.10 Å². The summed E-state index contributed by atoms with van der Waals surface area (Å²) in [6.07, 6.45) is 0. The molecule has 0 aromatic heterocycles. The van der Waals surface area contributed by atoms with Crippen molar-refractivity contribution >= 4 is 38.3 Å². The second kappa shape index (κ2) is 8.01. The number of hydrogen-bond acceptors (Lipinski definition) is 4. The van der Waals surface area contributed by atoms with E-state index in [0.29, 0.717) is 17.0 Å². The lowest BCUT2D eigenvalue weighted by molar-refractivity contribution is -0.123. The normalized spacial score (nSPS) is 11.4.